The van der Waals surface area contributed by atoms with E-state index in [0.717, 1.165) is 18.4 Å². The highest BCUT2D eigenvalue weighted by molar-refractivity contribution is 5.94. The van der Waals surface area contributed by atoms with Crippen LogP contribution >= 0.6 is 0 Å². The summed E-state index contributed by atoms with van der Waals surface area (Å²) in [7, 11) is 0. The van der Waals surface area contributed by atoms with Gasteiger partial charge in [-0.15, -0.1) is 0 Å². The van der Waals surface area contributed by atoms with Gasteiger partial charge in [-0.1, -0.05) is 0 Å². The molecule has 10 heteroatoms. The van der Waals surface area contributed by atoms with Crippen LogP contribution in [-0.4, -0.2) is 84.4 Å². The van der Waals surface area contributed by atoms with Crippen LogP contribution < -0.4 is 15.5 Å². The van der Waals surface area contributed by atoms with Gasteiger partial charge >= 0.3 is 6.03 Å². The van der Waals surface area contributed by atoms with Crippen molar-refractivity contribution >= 4 is 23.4 Å². The molecule has 3 fully saturated rings. The van der Waals surface area contributed by atoms with E-state index in [9.17, 15) is 9.59 Å². The average molecular weight is 481 g/mol. The Morgan fingerprint density at radius 3 is 2.34 bits per heavy atom. The zero-order valence-corrected chi connectivity index (χ0v) is 20.2. The van der Waals surface area contributed by atoms with E-state index in [1.165, 1.54) is 0 Å². The second kappa shape index (κ2) is 10.2. The number of ether oxygens (including phenoxy) is 2. The van der Waals surface area contributed by atoms with Gasteiger partial charge in [-0.3, -0.25) is 4.79 Å². The Balaban J connectivity index is 1.40. The van der Waals surface area contributed by atoms with Crippen molar-refractivity contribution < 1.29 is 19.1 Å². The molecular formula is C25H32N6O4. The molecule has 3 heterocycles. The van der Waals surface area contributed by atoms with Crippen LogP contribution in [0.15, 0.2) is 30.3 Å². The molecule has 0 radical (unpaired) electrons. The lowest BCUT2D eigenvalue weighted by Crippen LogP contribution is -2.48. The lowest BCUT2D eigenvalue weighted by molar-refractivity contribution is -0.0587. The van der Waals surface area contributed by atoms with Gasteiger partial charge < -0.3 is 29.9 Å². The molecule has 2 N–H and O–H groups in total. The number of aromatic nitrogens is 2. The minimum Gasteiger partial charge on any atom is -0.378 e. The van der Waals surface area contributed by atoms with E-state index in [2.05, 4.69) is 20.5 Å². The first kappa shape index (κ1) is 23.5. The zero-order valence-electron chi connectivity index (χ0n) is 20.2. The fourth-order valence-corrected chi connectivity index (χ4v) is 4.42. The Kier molecular flexibility index (Phi) is 6.83. The molecule has 186 valence electrons. The monoisotopic (exact) mass is 480 g/mol. The molecule has 2 saturated heterocycles. The van der Waals surface area contributed by atoms with Crippen molar-refractivity contribution in [2.24, 2.45) is 0 Å². The minimum atomic E-state index is -0.201. The molecule has 5 rings (SSSR count). The molecular weight excluding hydrogens is 448 g/mol. The Morgan fingerprint density at radius 2 is 1.69 bits per heavy atom. The predicted molar refractivity (Wildman–Crippen MR) is 132 cm³/mol. The molecule has 2 aromatic rings. The third-order valence-corrected chi connectivity index (χ3v) is 6.29. The average Bonchev–Trinajstić information content (AvgIpc) is 3.67. The van der Waals surface area contributed by atoms with E-state index in [1.807, 2.05) is 38.1 Å². The van der Waals surface area contributed by atoms with Crippen molar-refractivity contribution in [3.05, 3.63) is 36.0 Å². The zero-order chi connectivity index (χ0) is 24.4. The summed E-state index contributed by atoms with van der Waals surface area (Å²) in [5.41, 5.74) is 1.82. The second-order valence-corrected chi connectivity index (χ2v) is 9.45. The predicted octanol–water partition coefficient (Wildman–Crippen LogP) is 2.51. The van der Waals surface area contributed by atoms with Gasteiger partial charge in [0.1, 0.15) is 11.5 Å². The molecule has 0 unspecified atom stereocenters. The van der Waals surface area contributed by atoms with E-state index in [1.54, 1.807) is 11.0 Å². The normalized spacial score (nSPS) is 22.6. The van der Waals surface area contributed by atoms with E-state index < -0.39 is 0 Å². The van der Waals surface area contributed by atoms with Crippen molar-refractivity contribution in [1.82, 2.24) is 20.2 Å². The van der Waals surface area contributed by atoms with Gasteiger partial charge in [-0.2, -0.15) is 0 Å². The van der Waals surface area contributed by atoms with Gasteiger partial charge in [-0.25, -0.2) is 14.8 Å². The fraction of sp³-hybridized carbons (Fsp3) is 0.520. The molecule has 10 nitrogen and oxygen atoms in total. The molecule has 3 amide bonds. The Morgan fingerprint density at radius 1 is 1.00 bits per heavy atom. The van der Waals surface area contributed by atoms with Crippen LogP contribution in [0.4, 0.5) is 16.3 Å². The Bertz CT molecular complexity index is 1060. The van der Waals surface area contributed by atoms with Crippen LogP contribution in [-0.2, 0) is 9.47 Å². The van der Waals surface area contributed by atoms with Gasteiger partial charge in [0.05, 0.1) is 25.4 Å². The minimum absolute atomic E-state index is 0.0279. The lowest BCUT2D eigenvalue weighted by Gasteiger charge is -2.35. The number of hydrogen-bond donors (Lipinski definition) is 2. The number of rotatable bonds is 5. The molecule has 2 aliphatic heterocycles. The first-order valence-electron chi connectivity index (χ1n) is 12.3. The third-order valence-electron chi connectivity index (χ3n) is 6.29. The van der Waals surface area contributed by atoms with Crippen LogP contribution in [0.1, 0.15) is 37.2 Å². The van der Waals surface area contributed by atoms with Gasteiger partial charge in [0, 0.05) is 49.5 Å². The highest BCUT2D eigenvalue weighted by atomic mass is 16.5. The number of hydrogen-bond acceptors (Lipinski definition) is 7. The maximum atomic E-state index is 13.5. The summed E-state index contributed by atoms with van der Waals surface area (Å²) in [6.07, 6.45) is 2.01. The van der Waals surface area contributed by atoms with Crippen molar-refractivity contribution in [1.29, 1.82) is 0 Å². The number of urea groups is 1. The number of carbonyl (C=O) groups excluding carboxylic acids is 2. The summed E-state index contributed by atoms with van der Waals surface area (Å²) >= 11 is 0. The number of benzene rings is 1. The van der Waals surface area contributed by atoms with Crippen molar-refractivity contribution in [3.63, 3.8) is 0 Å². The molecule has 1 saturated carbocycles. The maximum absolute atomic E-state index is 13.5. The molecule has 1 aliphatic carbocycles. The number of carbonyl (C=O) groups is 2. The molecule has 35 heavy (non-hydrogen) atoms. The molecule has 0 spiro atoms. The van der Waals surface area contributed by atoms with E-state index in [0.29, 0.717) is 68.5 Å². The first-order valence-corrected chi connectivity index (χ1v) is 12.3. The quantitative estimate of drug-likeness (QED) is 0.677. The molecule has 3 aliphatic rings. The molecule has 0 bridgehead atoms. The van der Waals surface area contributed by atoms with Crippen LogP contribution in [0.2, 0.25) is 0 Å². The van der Waals surface area contributed by atoms with E-state index >= 15 is 0 Å². The smallest absolute Gasteiger partial charge is 0.319 e. The van der Waals surface area contributed by atoms with Crippen LogP contribution in [0.5, 0.6) is 0 Å². The van der Waals surface area contributed by atoms with Crippen LogP contribution in [0.25, 0.3) is 11.4 Å². The second-order valence-electron chi connectivity index (χ2n) is 9.45. The summed E-state index contributed by atoms with van der Waals surface area (Å²) < 4.78 is 11.3. The largest absolute Gasteiger partial charge is 0.378 e. The van der Waals surface area contributed by atoms with Crippen molar-refractivity contribution in [2.45, 2.75) is 44.9 Å². The molecule has 1 aromatic carbocycles. The molecule has 1 aromatic heterocycles. The summed E-state index contributed by atoms with van der Waals surface area (Å²) in [6.45, 7) is 7.64. The summed E-state index contributed by atoms with van der Waals surface area (Å²) in [5, 5.41) is 5.76. The van der Waals surface area contributed by atoms with Crippen LogP contribution in [0.3, 0.4) is 0 Å². The Labute approximate surface area is 205 Å². The number of nitrogens with zero attached hydrogens (tertiary/aromatic N) is 4. The number of anilines is 2. The lowest BCUT2D eigenvalue weighted by atomic mass is 10.1. The highest BCUT2D eigenvalue weighted by Crippen LogP contribution is 2.25. The summed E-state index contributed by atoms with van der Waals surface area (Å²) in [4.78, 5) is 38.9. The topological polar surface area (TPSA) is 109 Å². The summed E-state index contributed by atoms with van der Waals surface area (Å²) in [5.74, 6) is 1.06. The van der Waals surface area contributed by atoms with Crippen molar-refractivity contribution in [2.75, 3.05) is 49.6 Å². The van der Waals surface area contributed by atoms with E-state index in [4.69, 9.17) is 14.5 Å². The molecule has 2 atom stereocenters. The maximum Gasteiger partial charge on any atom is 0.319 e. The van der Waals surface area contributed by atoms with Gasteiger partial charge in [0.15, 0.2) is 5.82 Å². The van der Waals surface area contributed by atoms with Gasteiger partial charge in [-0.05, 0) is 51.0 Å². The van der Waals surface area contributed by atoms with Gasteiger partial charge in [0.2, 0.25) is 0 Å². The van der Waals surface area contributed by atoms with Crippen LogP contribution in [0, 0.1) is 0 Å². The van der Waals surface area contributed by atoms with E-state index in [-0.39, 0.29) is 24.1 Å². The van der Waals surface area contributed by atoms with Crippen molar-refractivity contribution in [3.8, 4) is 11.4 Å². The summed E-state index contributed by atoms with van der Waals surface area (Å²) in [6, 6.07) is 9.22. The Hall–Kier alpha value is -3.24. The van der Waals surface area contributed by atoms with Gasteiger partial charge in [0.25, 0.3) is 5.91 Å². The number of morpholine rings is 2. The fourth-order valence-electron chi connectivity index (χ4n) is 4.42. The highest BCUT2D eigenvalue weighted by Gasteiger charge is 2.29. The first-order chi connectivity index (χ1) is 16.9. The SMILES string of the molecule is C[C@@H]1CN(C(=O)c2cc(N3CCOCC3)nc(-c3ccc(NC(=O)NC4CC4)cc3)n2)C[C@H](C)O1. The number of nitrogens with one attached hydrogen (secondary N) is 2. The third kappa shape index (κ3) is 5.88. The standard InChI is InChI=1S/C25H32N6O4/c1-16-14-31(15-17(2)35-16)24(32)21-13-22(30-9-11-34-12-10-30)29-23(28-21)18-3-5-19(6-4-18)26-25(33)27-20-7-8-20/h3-6,13,16-17,20H,7-12,14-15H2,1-2H3,(H2,26,27,33)/t16-,17+. The number of amides is 3.